The molecule has 13 heteroatoms. The van der Waals surface area contributed by atoms with Crippen LogP contribution in [0.2, 0.25) is 5.02 Å². The first-order valence-electron chi connectivity index (χ1n) is 12.2. The lowest BCUT2D eigenvalue weighted by atomic mass is 10.2. The Morgan fingerprint density at radius 1 is 0.919 bits per heavy atom. The van der Waals surface area contributed by atoms with Crippen LogP contribution in [0.25, 0.3) is 0 Å². The van der Waals surface area contributed by atoms with Gasteiger partial charge in [0.2, 0.25) is 5.95 Å². The van der Waals surface area contributed by atoms with Gasteiger partial charge in [-0.1, -0.05) is 11.6 Å². The Kier molecular flexibility index (Phi) is 13.6. The lowest BCUT2D eigenvalue weighted by Crippen LogP contribution is -2.21. The van der Waals surface area contributed by atoms with E-state index in [2.05, 4.69) is 36.1 Å². The minimum Gasteiger partial charge on any atom is -0.380 e. The minimum atomic E-state index is -0.170. The SMILES string of the molecule is CCOCCNc1nc(NCCOCC)c(N=Nc2cc(C(=O)N(C)C)ccc2Cl)c(NCOCC)n1. The van der Waals surface area contributed by atoms with Gasteiger partial charge in [0, 0.05) is 52.6 Å². The maximum Gasteiger partial charge on any atom is 0.253 e. The second kappa shape index (κ2) is 16.6. The molecular formula is C24H37ClN8O4. The van der Waals surface area contributed by atoms with E-state index in [4.69, 9.17) is 25.8 Å². The number of nitrogens with one attached hydrogen (secondary N) is 3. The van der Waals surface area contributed by atoms with Crippen molar-refractivity contribution < 1.29 is 19.0 Å². The number of carbonyl (C=O) groups is 1. The molecule has 204 valence electrons. The zero-order chi connectivity index (χ0) is 27.0. The van der Waals surface area contributed by atoms with Gasteiger partial charge in [-0.15, -0.1) is 10.2 Å². The first-order chi connectivity index (χ1) is 17.9. The summed E-state index contributed by atoms with van der Waals surface area (Å²) in [6, 6.07) is 4.85. The van der Waals surface area contributed by atoms with Gasteiger partial charge in [-0.25, -0.2) is 0 Å². The van der Waals surface area contributed by atoms with Gasteiger partial charge in [0.25, 0.3) is 5.91 Å². The van der Waals surface area contributed by atoms with Crippen molar-refractivity contribution >= 4 is 46.5 Å². The topological polar surface area (TPSA) is 135 Å². The number of rotatable bonds is 17. The van der Waals surface area contributed by atoms with E-state index in [0.29, 0.717) is 85.7 Å². The predicted molar refractivity (Wildman–Crippen MR) is 146 cm³/mol. The number of hydrogen-bond acceptors (Lipinski definition) is 11. The summed E-state index contributed by atoms with van der Waals surface area (Å²) in [7, 11) is 3.35. The highest BCUT2D eigenvalue weighted by Gasteiger charge is 2.16. The minimum absolute atomic E-state index is 0.170. The number of ether oxygens (including phenoxy) is 3. The number of halogens is 1. The lowest BCUT2D eigenvalue weighted by molar-refractivity contribution is 0.0827. The molecule has 3 N–H and O–H groups in total. The molecule has 1 aromatic heterocycles. The van der Waals surface area contributed by atoms with Crippen molar-refractivity contribution in [1.29, 1.82) is 0 Å². The largest absolute Gasteiger partial charge is 0.380 e. The number of nitrogens with zero attached hydrogens (tertiary/aromatic N) is 5. The molecule has 0 aliphatic rings. The maximum atomic E-state index is 12.4. The van der Waals surface area contributed by atoms with Crippen molar-refractivity contribution in [2.45, 2.75) is 20.8 Å². The lowest BCUT2D eigenvalue weighted by Gasteiger charge is -2.15. The average molecular weight is 537 g/mol. The quantitative estimate of drug-likeness (QED) is 0.151. The van der Waals surface area contributed by atoms with Gasteiger partial charge in [0.15, 0.2) is 17.3 Å². The van der Waals surface area contributed by atoms with Crippen molar-refractivity contribution in [1.82, 2.24) is 14.9 Å². The number of azo groups is 1. The van der Waals surface area contributed by atoms with Crippen LogP contribution < -0.4 is 16.0 Å². The van der Waals surface area contributed by atoms with Crippen LogP contribution in [-0.4, -0.2) is 87.7 Å². The zero-order valence-electron chi connectivity index (χ0n) is 22.1. The highest BCUT2D eigenvalue weighted by molar-refractivity contribution is 6.33. The van der Waals surface area contributed by atoms with Gasteiger partial charge in [-0.3, -0.25) is 4.79 Å². The summed E-state index contributed by atoms with van der Waals surface area (Å²) in [5.74, 6) is 1.05. The van der Waals surface area contributed by atoms with Gasteiger partial charge in [-0.2, -0.15) is 9.97 Å². The summed E-state index contributed by atoms with van der Waals surface area (Å²) in [5, 5.41) is 18.6. The Balaban J connectivity index is 2.46. The number of carbonyl (C=O) groups excluding carboxylic acids is 1. The summed E-state index contributed by atoms with van der Waals surface area (Å²) in [4.78, 5) is 23.0. The van der Waals surface area contributed by atoms with Gasteiger partial charge in [0.05, 0.1) is 18.2 Å². The zero-order valence-corrected chi connectivity index (χ0v) is 22.9. The Morgan fingerprint density at radius 2 is 1.54 bits per heavy atom. The Morgan fingerprint density at radius 3 is 2.16 bits per heavy atom. The van der Waals surface area contributed by atoms with E-state index >= 15 is 0 Å². The summed E-state index contributed by atoms with van der Waals surface area (Å²) in [6.07, 6.45) is 0. The van der Waals surface area contributed by atoms with E-state index < -0.39 is 0 Å². The average Bonchev–Trinajstić information content (AvgIpc) is 2.89. The van der Waals surface area contributed by atoms with Crippen molar-refractivity contribution in [2.24, 2.45) is 10.2 Å². The van der Waals surface area contributed by atoms with Crippen LogP contribution in [0.5, 0.6) is 0 Å². The van der Waals surface area contributed by atoms with Gasteiger partial charge < -0.3 is 35.1 Å². The normalized spacial score (nSPS) is 11.1. The molecule has 0 unspecified atom stereocenters. The van der Waals surface area contributed by atoms with Crippen molar-refractivity contribution in [3.05, 3.63) is 28.8 Å². The molecule has 1 aromatic carbocycles. The fourth-order valence-corrected chi connectivity index (χ4v) is 3.10. The molecule has 12 nitrogen and oxygen atoms in total. The molecule has 0 atom stereocenters. The van der Waals surface area contributed by atoms with E-state index in [1.807, 2.05) is 20.8 Å². The van der Waals surface area contributed by atoms with E-state index in [0.717, 1.165) is 0 Å². The van der Waals surface area contributed by atoms with Crippen LogP contribution in [0.15, 0.2) is 28.4 Å². The highest BCUT2D eigenvalue weighted by atomic mass is 35.5. The second-order valence-corrected chi connectivity index (χ2v) is 8.13. The number of anilines is 3. The maximum absolute atomic E-state index is 12.4. The first-order valence-corrected chi connectivity index (χ1v) is 12.6. The summed E-state index contributed by atoms with van der Waals surface area (Å²) in [5.41, 5.74) is 1.13. The van der Waals surface area contributed by atoms with E-state index in [1.54, 1.807) is 32.3 Å². The molecule has 0 aliphatic carbocycles. The molecule has 0 fully saturated rings. The van der Waals surface area contributed by atoms with E-state index in [1.165, 1.54) is 4.90 Å². The van der Waals surface area contributed by atoms with Crippen molar-refractivity contribution in [3.8, 4) is 0 Å². The number of hydrogen-bond donors (Lipinski definition) is 3. The van der Waals surface area contributed by atoms with Crippen LogP contribution >= 0.6 is 11.6 Å². The second-order valence-electron chi connectivity index (χ2n) is 7.72. The van der Waals surface area contributed by atoms with Crippen LogP contribution in [0.4, 0.5) is 29.0 Å². The molecular weight excluding hydrogens is 500 g/mol. The molecule has 2 rings (SSSR count). The fraction of sp³-hybridized carbons (Fsp3) is 0.542. The Bertz CT molecular complexity index is 1020. The molecule has 0 saturated heterocycles. The molecule has 0 saturated carbocycles. The molecule has 0 spiro atoms. The summed E-state index contributed by atoms with van der Waals surface area (Å²) in [6.45, 7) is 9.73. The standard InChI is InChI=1S/C24H37ClN8O4/c1-6-35-13-11-26-21-20(32-31-19-15-17(9-10-18(19)25)23(34)33(4)5)22(28-16-37-8-3)30-24(29-21)27-12-14-36-7-2/h9-10,15H,6-8,11-14,16H2,1-5H3,(H3,26,27,28,29,30). The van der Waals surface area contributed by atoms with E-state index in [9.17, 15) is 4.79 Å². The third-order valence-corrected chi connectivity index (χ3v) is 5.08. The number of benzene rings is 1. The van der Waals surface area contributed by atoms with Crippen molar-refractivity contribution in [2.75, 3.05) is 82.9 Å². The molecule has 37 heavy (non-hydrogen) atoms. The first kappa shape index (κ1) is 30.2. The van der Waals surface area contributed by atoms with Crippen LogP contribution in [0.1, 0.15) is 31.1 Å². The highest BCUT2D eigenvalue weighted by Crippen LogP contribution is 2.35. The van der Waals surface area contributed by atoms with Crippen LogP contribution in [0.3, 0.4) is 0 Å². The summed E-state index contributed by atoms with van der Waals surface area (Å²) < 4.78 is 16.3. The fourth-order valence-electron chi connectivity index (χ4n) is 2.95. The van der Waals surface area contributed by atoms with Crippen LogP contribution in [0, 0.1) is 0 Å². The smallest absolute Gasteiger partial charge is 0.253 e. The molecule has 0 radical (unpaired) electrons. The number of aromatic nitrogens is 2. The molecule has 0 bridgehead atoms. The molecule has 1 amide bonds. The number of amides is 1. The Labute approximate surface area is 223 Å². The van der Waals surface area contributed by atoms with Crippen molar-refractivity contribution in [3.63, 3.8) is 0 Å². The van der Waals surface area contributed by atoms with Gasteiger partial charge in [0.1, 0.15) is 12.4 Å². The molecule has 1 heterocycles. The monoisotopic (exact) mass is 536 g/mol. The third-order valence-electron chi connectivity index (χ3n) is 4.76. The Hall–Kier alpha value is -3.06. The summed E-state index contributed by atoms with van der Waals surface area (Å²) >= 11 is 6.36. The predicted octanol–water partition coefficient (Wildman–Crippen LogP) is 4.55. The van der Waals surface area contributed by atoms with Crippen LogP contribution in [-0.2, 0) is 14.2 Å². The third kappa shape index (κ3) is 10.1. The molecule has 2 aromatic rings. The van der Waals surface area contributed by atoms with E-state index in [-0.39, 0.29) is 12.6 Å². The molecule has 0 aliphatic heterocycles. The van der Waals surface area contributed by atoms with Gasteiger partial charge in [-0.05, 0) is 39.0 Å². The van der Waals surface area contributed by atoms with Gasteiger partial charge >= 0.3 is 0 Å².